The second kappa shape index (κ2) is 7.78. The summed E-state index contributed by atoms with van der Waals surface area (Å²) in [6.07, 6.45) is 2.84. The fourth-order valence-corrected chi connectivity index (χ4v) is 2.93. The third kappa shape index (κ3) is 3.61. The predicted octanol–water partition coefficient (Wildman–Crippen LogP) is 3.63. The highest BCUT2D eigenvalue weighted by Crippen LogP contribution is 2.30. The van der Waals surface area contributed by atoms with Gasteiger partial charge in [0.1, 0.15) is 23.2 Å². The number of rotatable bonds is 5. The molecule has 0 bridgehead atoms. The number of nitrogens with zero attached hydrogens (tertiary/aromatic N) is 3. The van der Waals surface area contributed by atoms with Crippen molar-refractivity contribution in [1.82, 2.24) is 4.90 Å². The average molecular weight is 389 g/mol. The van der Waals surface area contributed by atoms with Crippen molar-refractivity contribution in [1.29, 1.82) is 5.26 Å². The first-order valence-corrected chi connectivity index (χ1v) is 8.52. The molecular formula is C21H15N3O5. The summed E-state index contributed by atoms with van der Waals surface area (Å²) in [5.74, 6) is -0.534. The number of hydrogen-bond acceptors (Lipinski definition) is 6. The van der Waals surface area contributed by atoms with Gasteiger partial charge in [-0.05, 0) is 30.7 Å². The Balaban J connectivity index is 2.03. The molecule has 0 atom stereocenters. The summed E-state index contributed by atoms with van der Waals surface area (Å²) < 4.78 is 5.71. The third-order valence-corrected chi connectivity index (χ3v) is 4.39. The van der Waals surface area contributed by atoms with Crippen LogP contribution in [-0.2, 0) is 9.59 Å². The fourth-order valence-electron chi connectivity index (χ4n) is 2.93. The molecule has 3 rings (SSSR count). The van der Waals surface area contributed by atoms with Crippen molar-refractivity contribution in [3.63, 3.8) is 0 Å². The van der Waals surface area contributed by atoms with Gasteiger partial charge in [-0.15, -0.1) is 6.58 Å². The number of carbonyl (C=O) groups is 2. The minimum Gasteiger partial charge on any atom is -0.457 e. The van der Waals surface area contributed by atoms with Gasteiger partial charge in [0.2, 0.25) is 0 Å². The molecule has 0 saturated carbocycles. The first kappa shape index (κ1) is 19.5. The zero-order valence-electron chi connectivity index (χ0n) is 15.4. The summed E-state index contributed by atoms with van der Waals surface area (Å²) >= 11 is 0. The summed E-state index contributed by atoms with van der Waals surface area (Å²) in [6.45, 7) is 5.03. The Morgan fingerprint density at radius 1 is 1.28 bits per heavy atom. The fraction of sp³-hybridized carbons (Fsp3) is 0.0952. The molecule has 1 aromatic heterocycles. The Morgan fingerprint density at radius 2 is 2.03 bits per heavy atom. The van der Waals surface area contributed by atoms with Crippen LogP contribution >= 0.6 is 0 Å². The number of carbonyl (C=O) groups excluding carboxylic acids is 2. The lowest BCUT2D eigenvalue weighted by Gasteiger charge is -2.26. The van der Waals surface area contributed by atoms with Crippen LogP contribution in [0, 0.1) is 21.4 Å². The van der Waals surface area contributed by atoms with E-state index in [1.165, 1.54) is 31.2 Å². The molecule has 1 aromatic carbocycles. The van der Waals surface area contributed by atoms with E-state index in [4.69, 9.17) is 4.42 Å². The zero-order chi connectivity index (χ0) is 21.1. The Morgan fingerprint density at radius 3 is 2.69 bits per heavy atom. The Hall–Kier alpha value is -4.25. The lowest BCUT2D eigenvalue weighted by molar-refractivity contribution is -0.384. The molecule has 0 fully saturated rings. The zero-order valence-corrected chi connectivity index (χ0v) is 15.4. The molecule has 144 valence electrons. The molecule has 0 radical (unpaired) electrons. The van der Waals surface area contributed by atoms with Crippen molar-refractivity contribution >= 4 is 23.6 Å². The number of hydrogen-bond donors (Lipinski definition) is 0. The van der Waals surface area contributed by atoms with Crippen LogP contribution in [-0.4, -0.2) is 28.2 Å². The lowest BCUT2D eigenvalue weighted by Crippen LogP contribution is -2.42. The molecule has 2 heterocycles. The van der Waals surface area contributed by atoms with Crippen molar-refractivity contribution < 1.29 is 18.9 Å². The molecule has 0 spiro atoms. The maximum Gasteiger partial charge on any atom is 0.271 e. The van der Waals surface area contributed by atoms with Crippen molar-refractivity contribution in [3.05, 3.63) is 81.6 Å². The summed E-state index contributed by atoms with van der Waals surface area (Å²) in [5, 5.41) is 20.3. The summed E-state index contributed by atoms with van der Waals surface area (Å²) in [5.41, 5.74) is 0.728. The Kier molecular flexibility index (Phi) is 5.23. The number of furan rings is 1. The van der Waals surface area contributed by atoms with Crippen LogP contribution in [0.2, 0.25) is 0 Å². The van der Waals surface area contributed by atoms with Gasteiger partial charge in [-0.2, -0.15) is 5.26 Å². The van der Waals surface area contributed by atoms with E-state index in [0.29, 0.717) is 17.1 Å². The number of imide groups is 1. The standard InChI is InChI=1S/C21H15N3O5/c1-3-9-23-20(25)17(13(2)18(12-22)21(23)26)11-16-7-8-19(29-16)14-5-4-6-15(10-14)24(27)28/h3-8,10-11H,1,9H2,2H3/b17-11+. The molecule has 8 nitrogen and oxygen atoms in total. The van der Waals surface area contributed by atoms with E-state index in [0.717, 1.165) is 4.90 Å². The van der Waals surface area contributed by atoms with Gasteiger partial charge in [0.15, 0.2) is 0 Å². The summed E-state index contributed by atoms with van der Waals surface area (Å²) in [6, 6.07) is 11.0. The van der Waals surface area contributed by atoms with Crippen LogP contribution in [0.1, 0.15) is 12.7 Å². The van der Waals surface area contributed by atoms with Gasteiger partial charge in [-0.25, -0.2) is 0 Å². The van der Waals surface area contributed by atoms with Gasteiger partial charge < -0.3 is 4.42 Å². The van der Waals surface area contributed by atoms with Gasteiger partial charge in [-0.1, -0.05) is 18.2 Å². The van der Waals surface area contributed by atoms with Gasteiger partial charge in [0, 0.05) is 29.8 Å². The minimum absolute atomic E-state index is 0.0233. The average Bonchev–Trinajstić information content (AvgIpc) is 3.18. The molecule has 8 heteroatoms. The van der Waals surface area contributed by atoms with Crippen LogP contribution in [0.25, 0.3) is 17.4 Å². The third-order valence-electron chi connectivity index (χ3n) is 4.39. The molecule has 0 N–H and O–H groups in total. The van der Waals surface area contributed by atoms with Gasteiger partial charge in [0.05, 0.1) is 4.92 Å². The molecule has 0 aliphatic carbocycles. The topological polar surface area (TPSA) is 117 Å². The summed E-state index contributed by atoms with van der Waals surface area (Å²) in [7, 11) is 0. The van der Waals surface area contributed by atoms with E-state index in [1.807, 2.05) is 6.07 Å². The minimum atomic E-state index is -0.663. The predicted molar refractivity (Wildman–Crippen MR) is 104 cm³/mol. The molecular weight excluding hydrogens is 374 g/mol. The van der Waals surface area contributed by atoms with Crippen molar-refractivity contribution in [2.75, 3.05) is 6.54 Å². The van der Waals surface area contributed by atoms with E-state index in [1.54, 1.807) is 24.3 Å². The second-order valence-electron chi connectivity index (χ2n) is 6.19. The highest BCUT2D eigenvalue weighted by atomic mass is 16.6. The quantitative estimate of drug-likeness (QED) is 0.253. The maximum absolute atomic E-state index is 12.7. The largest absolute Gasteiger partial charge is 0.457 e. The molecule has 2 aromatic rings. The number of nitriles is 1. The smallest absolute Gasteiger partial charge is 0.271 e. The number of benzene rings is 1. The molecule has 0 saturated heterocycles. The van der Waals surface area contributed by atoms with Crippen molar-refractivity contribution in [3.8, 4) is 17.4 Å². The van der Waals surface area contributed by atoms with Gasteiger partial charge >= 0.3 is 0 Å². The second-order valence-corrected chi connectivity index (χ2v) is 6.19. The normalized spacial score (nSPS) is 15.6. The number of nitro benzene ring substituents is 1. The first-order valence-electron chi connectivity index (χ1n) is 8.52. The van der Waals surface area contributed by atoms with Crippen LogP contribution < -0.4 is 0 Å². The molecule has 29 heavy (non-hydrogen) atoms. The monoisotopic (exact) mass is 389 g/mol. The van der Waals surface area contributed by atoms with Crippen molar-refractivity contribution in [2.24, 2.45) is 0 Å². The van der Waals surface area contributed by atoms with Crippen LogP contribution in [0.5, 0.6) is 0 Å². The highest BCUT2D eigenvalue weighted by Gasteiger charge is 2.34. The molecule has 1 aliphatic rings. The molecule has 0 unspecified atom stereocenters. The van der Waals surface area contributed by atoms with Crippen LogP contribution in [0.4, 0.5) is 5.69 Å². The van der Waals surface area contributed by atoms with E-state index in [-0.39, 0.29) is 29.0 Å². The number of amides is 2. The van der Waals surface area contributed by atoms with E-state index < -0.39 is 16.7 Å². The molecule has 1 aliphatic heterocycles. The summed E-state index contributed by atoms with van der Waals surface area (Å²) in [4.78, 5) is 36.4. The van der Waals surface area contributed by atoms with E-state index >= 15 is 0 Å². The number of nitro groups is 1. The molecule has 2 amide bonds. The maximum atomic E-state index is 12.7. The first-order chi connectivity index (χ1) is 13.9. The number of non-ortho nitro benzene ring substituents is 1. The highest BCUT2D eigenvalue weighted by molar-refractivity contribution is 6.19. The van der Waals surface area contributed by atoms with Crippen LogP contribution in [0.3, 0.4) is 0 Å². The Bertz CT molecular complexity index is 1150. The van der Waals surface area contributed by atoms with E-state index in [9.17, 15) is 25.0 Å². The van der Waals surface area contributed by atoms with Crippen LogP contribution in [0.15, 0.2) is 70.2 Å². The van der Waals surface area contributed by atoms with Gasteiger partial charge in [-0.3, -0.25) is 24.6 Å². The lowest BCUT2D eigenvalue weighted by atomic mass is 9.94. The van der Waals surface area contributed by atoms with Crippen molar-refractivity contribution in [2.45, 2.75) is 6.92 Å². The van der Waals surface area contributed by atoms with E-state index in [2.05, 4.69) is 6.58 Å². The van der Waals surface area contributed by atoms with Gasteiger partial charge in [0.25, 0.3) is 17.5 Å². The SMILES string of the molecule is C=CCN1C(=O)C(C#N)=C(C)/C(=C\c2ccc(-c3cccc([N+](=O)[O-])c3)o2)C1=O. The Labute approximate surface area is 165 Å².